The second kappa shape index (κ2) is 5.17. The standard InChI is InChI=1S/C14H19NO/c1-2-3-4-12-5-6-13-7-8-15(9-10-16)14(13)11-12/h5-8,11,16H,2-4,9-10H2,1H3. The molecule has 0 bridgehead atoms. The molecule has 0 aliphatic carbocycles. The van der Waals surface area contributed by atoms with Gasteiger partial charge in [-0.1, -0.05) is 25.5 Å². The molecule has 0 fully saturated rings. The third-order valence-electron chi connectivity index (χ3n) is 3.00. The second-order valence-electron chi connectivity index (χ2n) is 4.23. The molecular formula is C14H19NO. The van der Waals surface area contributed by atoms with Gasteiger partial charge in [0, 0.05) is 18.3 Å². The van der Waals surface area contributed by atoms with Crippen molar-refractivity contribution in [2.45, 2.75) is 32.7 Å². The van der Waals surface area contributed by atoms with E-state index in [0.717, 1.165) is 6.42 Å². The lowest BCUT2D eigenvalue weighted by atomic mass is 10.1. The minimum absolute atomic E-state index is 0.197. The van der Waals surface area contributed by atoms with Crippen molar-refractivity contribution < 1.29 is 5.11 Å². The van der Waals surface area contributed by atoms with Gasteiger partial charge in [0.1, 0.15) is 0 Å². The van der Waals surface area contributed by atoms with Crippen LogP contribution in [0.2, 0.25) is 0 Å². The largest absolute Gasteiger partial charge is 0.395 e. The van der Waals surface area contributed by atoms with Crippen LogP contribution in [0.1, 0.15) is 25.3 Å². The number of fused-ring (bicyclic) bond motifs is 1. The van der Waals surface area contributed by atoms with Gasteiger partial charge in [-0.05, 0) is 35.9 Å². The summed E-state index contributed by atoms with van der Waals surface area (Å²) in [4.78, 5) is 0. The fraction of sp³-hybridized carbons (Fsp3) is 0.429. The molecule has 0 radical (unpaired) electrons. The summed E-state index contributed by atoms with van der Waals surface area (Å²) in [5.41, 5.74) is 2.63. The van der Waals surface area contributed by atoms with Gasteiger partial charge in [0.05, 0.1) is 6.61 Å². The summed E-state index contributed by atoms with van der Waals surface area (Å²) in [7, 11) is 0. The van der Waals surface area contributed by atoms with Gasteiger partial charge in [-0.2, -0.15) is 0 Å². The summed E-state index contributed by atoms with van der Waals surface area (Å²) < 4.78 is 2.12. The van der Waals surface area contributed by atoms with Gasteiger partial charge in [0.25, 0.3) is 0 Å². The summed E-state index contributed by atoms with van der Waals surface area (Å²) in [6, 6.07) is 8.74. The van der Waals surface area contributed by atoms with E-state index < -0.39 is 0 Å². The fourth-order valence-electron chi connectivity index (χ4n) is 2.07. The highest BCUT2D eigenvalue weighted by atomic mass is 16.3. The molecule has 0 saturated carbocycles. The maximum absolute atomic E-state index is 8.99. The average molecular weight is 217 g/mol. The molecule has 1 aromatic heterocycles. The first-order chi connectivity index (χ1) is 7.85. The van der Waals surface area contributed by atoms with Crippen LogP contribution in [-0.4, -0.2) is 16.3 Å². The zero-order chi connectivity index (χ0) is 11.4. The molecule has 0 unspecified atom stereocenters. The number of hydrogen-bond acceptors (Lipinski definition) is 1. The number of rotatable bonds is 5. The van der Waals surface area contributed by atoms with E-state index in [-0.39, 0.29) is 6.61 Å². The van der Waals surface area contributed by atoms with Crippen LogP contribution in [0.25, 0.3) is 10.9 Å². The second-order valence-corrected chi connectivity index (χ2v) is 4.23. The Bertz CT molecular complexity index is 459. The number of aliphatic hydroxyl groups is 1. The van der Waals surface area contributed by atoms with Crippen LogP contribution in [0.4, 0.5) is 0 Å². The molecule has 2 nitrogen and oxygen atoms in total. The molecular weight excluding hydrogens is 198 g/mol. The lowest BCUT2D eigenvalue weighted by Crippen LogP contribution is -2.00. The van der Waals surface area contributed by atoms with E-state index in [1.54, 1.807) is 0 Å². The van der Waals surface area contributed by atoms with Crippen molar-refractivity contribution in [1.82, 2.24) is 4.57 Å². The zero-order valence-electron chi connectivity index (χ0n) is 9.82. The lowest BCUT2D eigenvalue weighted by molar-refractivity contribution is 0.278. The van der Waals surface area contributed by atoms with Crippen LogP contribution in [0, 0.1) is 0 Å². The molecule has 16 heavy (non-hydrogen) atoms. The number of aromatic nitrogens is 1. The first-order valence-electron chi connectivity index (χ1n) is 6.03. The van der Waals surface area contributed by atoms with Gasteiger partial charge in [0.15, 0.2) is 0 Å². The Balaban J connectivity index is 2.30. The van der Waals surface area contributed by atoms with Crippen molar-refractivity contribution >= 4 is 10.9 Å². The molecule has 86 valence electrons. The van der Waals surface area contributed by atoms with Crippen molar-refractivity contribution in [2.75, 3.05) is 6.61 Å². The molecule has 0 spiro atoms. The monoisotopic (exact) mass is 217 g/mol. The summed E-state index contributed by atoms with van der Waals surface area (Å²) in [6.45, 7) is 3.09. The number of unbranched alkanes of at least 4 members (excludes halogenated alkanes) is 1. The van der Waals surface area contributed by atoms with E-state index in [2.05, 4.69) is 35.8 Å². The van der Waals surface area contributed by atoms with Crippen LogP contribution in [0.5, 0.6) is 0 Å². The highest BCUT2D eigenvalue weighted by molar-refractivity contribution is 5.80. The van der Waals surface area contributed by atoms with Gasteiger partial charge in [-0.3, -0.25) is 0 Å². The summed E-state index contributed by atoms with van der Waals surface area (Å²) in [5, 5.41) is 10.2. The Kier molecular flexibility index (Phi) is 3.62. The van der Waals surface area contributed by atoms with Crippen molar-refractivity contribution in [3.05, 3.63) is 36.0 Å². The Morgan fingerprint density at radius 1 is 1.25 bits per heavy atom. The van der Waals surface area contributed by atoms with E-state index in [9.17, 15) is 0 Å². The highest BCUT2D eigenvalue weighted by Gasteiger charge is 2.01. The van der Waals surface area contributed by atoms with E-state index in [1.807, 2.05) is 6.20 Å². The van der Waals surface area contributed by atoms with Crippen molar-refractivity contribution in [1.29, 1.82) is 0 Å². The number of aryl methyl sites for hydroxylation is 1. The Labute approximate surface area is 96.5 Å². The zero-order valence-corrected chi connectivity index (χ0v) is 9.82. The first kappa shape index (κ1) is 11.2. The van der Waals surface area contributed by atoms with Gasteiger partial charge in [-0.15, -0.1) is 0 Å². The number of aliphatic hydroxyl groups excluding tert-OH is 1. The smallest absolute Gasteiger partial charge is 0.0610 e. The predicted molar refractivity (Wildman–Crippen MR) is 67.6 cm³/mol. The van der Waals surface area contributed by atoms with Crippen LogP contribution in [0.3, 0.4) is 0 Å². The Hall–Kier alpha value is -1.28. The van der Waals surface area contributed by atoms with Crippen LogP contribution >= 0.6 is 0 Å². The van der Waals surface area contributed by atoms with Crippen molar-refractivity contribution in [2.24, 2.45) is 0 Å². The molecule has 1 aromatic carbocycles. The molecule has 2 rings (SSSR count). The number of benzene rings is 1. The topological polar surface area (TPSA) is 25.2 Å². The van der Waals surface area contributed by atoms with Crippen molar-refractivity contribution in [3.63, 3.8) is 0 Å². The summed E-state index contributed by atoms with van der Waals surface area (Å²) in [5.74, 6) is 0. The van der Waals surface area contributed by atoms with Crippen molar-refractivity contribution in [3.8, 4) is 0 Å². The normalized spacial score (nSPS) is 11.1. The maximum atomic E-state index is 8.99. The average Bonchev–Trinajstić information content (AvgIpc) is 2.70. The quantitative estimate of drug-likeness (QED) is 0.818. The van der Waals surface area contributed by atoms with Gasteiger partial charge in [-0.25, -0.2) is 0 Å². The number of nitrogens with zero attached hydrogens (tertiary/aromatic N) is 1. The third-order valence-corrected chi connectivity index (χ3v) is 3.00. The molecule has 0 aliphatic rings. The molecule has 2 aromatic rings. The maximum Gasteiger partial charge on any atom is 0.0610 e. The molecule has 2 heteroatoms. The van der Waals surface area contributed by atoms with Crippen LogP contribution < -0.4 is 0 Å². The van der Waals surface area contributed by atoms with Gasteiger partial charge < -0.3 is 9.67 Å². The molecule has 1 heterocycles. The minimum Gasteiger partial charge on any atom is -0.395 e. The van der Waals surface area contributed by atoms with Crippen LogP contribution in [0.15, 0.2) is 30.5 Å². The molecule has 1 N–H and O–H groups in total. The van der Waals surface area contributed by atoms with E-state index in [0.29, 0.717) is 6.54 Å². The first-order valence-corrected chi connectivity index (χ1v) is 6.03. The SMILES string of the molecule is CCCCc1ccc2ccn(CCO)c2c1. The summed E-state index contributed by atoms with van der Waals surface area (Å²) >= 11 is 0. The molecule has 0 atom stereocenters. The van der Waals surface area contributed by atoms with Crippen LogP contribution in [-0.2, 0) is 13.0 Å². The predicted octanol–water partition coefficient (Wildman–Crippen LogP) is 2.98. The molecule has 0 aliphatic heterocycles. The van der Waals surface area contributed by atoms with E-state index in [4.69, 9.17) is 5.11 Å². The van der Waals surface area contributed by atoms with Gasteiger partial charge in [0.2, 0.25) is 0 Å². The summed E-state index contributed by atoms with van der Waals surface area (Å²) in [6.07, 6.45) is 5.67. The minimum atomic E-state index is 0.197. The van der Waals surface area contributed by atoms with Gasteiger partial charge >= 0.3 is 0 Å². The lowest BCUT2D eigenvalue weighted by Gasteiger charge is -2.05. The molecule has 0 amide bonds. The number of hydrogen-bond donors (Lipinski definition) is 1. The highest BCUT2D eigenvalue weighted by Crippen LogP contribution is 2.18. The Morgan fingerprint density at radius 2 is 2.12 bits per heavy atom. The molecule has 0 saturated heterocycles. The Morgan fingerprint density at radius 3 is 2.88 bits per heavy atom. The fourth-order valence-corrected chi connectivity index (χ4v) is 2.07. The third kappa shape index (κ3) is 2.27. The van der Waals surface area contributed by atoms with E-state index in [1.165, 1.54) is 29.3 Å². The van der Waals surface area contributed by atoms with E-state index >= 15 is 0 Å².